The first-order valence-corrected chi connectivity index (χ1v) is 3.35. The number of terminal acetylenes is 1. The van der Waals surface area contributed by atoms with Gasteiger partial charge in [0.25, 0.3) is 0 Å². The summed E-state index contributed by atoms with van der Waals surface area (Å²) in [6, 6.07) is 1.96. The van der Waals surface area contributed by atoms with Crippen LogP contribution in [0, 0.1) is 12.5 Å². The van der Waals surface area contributed by atoms with Crippen molar-refractivity contribution in [1.29, 1.82) is 0 Å². The van der Waals surface area contributed by atoms with Gasteiger partial charge in [-0.25, -0.2) is 4.79 Å². The Bertz CT molecular complexity index is 165. The van der Waals surface area contributed by atoms with Gasteiger partial charge < -0.3 is 4.90 Å². The molecule has 0 bridgehead atoms. The molecule has 0 radical (unpaired) electrons. The highest BCUT2D eigenvalue weighted by Crippen LogP contribution is 2.06. The fourth-order valence-corrected chi connectivity index (χ4v) is 1.06. The number of nitrogens with zero attached hydrogens (tertiary/aromatic N) is 1. The molecular formula is C7H10N2O. The van der Waals surface area contributed by atoms with Gasteiger partial charge in [-0.1, -0.05) is 6.42 Å². The van der Waals surface area contributed by atoms with Gasteiger partial charge in [0.2, 0.25) is 0 Å². The summed E-state index contributed by atoms with van der Waals surface area (Å²) in [4.78, 5) is 12.6. The SMILES string of the molecule is C#CNC(=O)N1CCCC1. The Balaban J connectivity index is 2.34. The number of nitrogens with one attached hydrogen (secondary N) is 1. The standard InChI is InChI=1S/C7H10N2O/c1-2-8-7(10)9-5-3-4-6-9/h1H,3-6H2,(H,8,10). The molecule has 1 aliphatic rings. The van der Waals surface area contributed by atoms with E-state index >= 15 is 0 Å². The van der Waals surface area contributed by atoms with Gasteiger partial charge in [0, 0.05) is 19.1 Å². The second-order valence-electron chi connectivity index (χ2n) is 2.27. The maximum Gasteiger partial charge on any atom is 0.329 e. The number of carbonyl (C=O) groups is 1. The predicted molar refractivity (Wildman–Crippen MR) is 38.2 cm³/mol. The van der Waals surface area contributed by atoms with E-state index in [4.69, 9.17) is 6.42 Å². The summed E-state index contributed by atoms with van der Waals surface area (Å²) in [5.41, 5.74) is 0. The Morgan fingerprint density at radius 2 is 2.10 bits per heavy atom. The van der Waals surface area contributed by atoms with Gasteiger partial charge in [0.15, 0.2) is 0 Å². The molecular weight excluding hydrogens is 128 g/mol. The first-order chi connectivity index (χ1) is 4.84. The molecule has 0 aromatic rings. The molecule has 54 valence electrons. The molecule has 1 saturated heterocycles. The zero-order valence-electron chi connectivity index (χ0n) is 5.76. The van der Waals surface area contributed by atoms with E-state index < -0.39 is 0 Å². The molecule has 10 heavy (non-hydrogen) atoms. The maximum atomic E-state index is 10.9. The number of likely N-dealkylation sites (tertiary alicyclic amines) is 1. The van der Waals surface area contributed by atoms with Crippen LogP contribution < -0.4 is 5.32 Å². The van der Waals surface area contributed by atoms with E-state index in [9.17, 15) is 4.79 Å². The van der Waals surface area contributed by atoms with E-state index in [2.05, 4.69) is 11.4 Å². The fourth-order valence-electron chi connectivity index (χ4n) is 1.06. The molecule has 0 atom stereocenters. The average molecular weight is 138 g/mol. The zero-order valence-corrected chi connectivity index (χ0v) is 5.76. The van der Waals surface area contributed by atoms with Crippen LogP contribution in [0.3, 0.4) is 0 Å². The molecule has 3 nitrogen and oxygen atoms in total. The van der Waals surface area contributed by atoms with Crippen LogP contribution in [0.25, 0.3) is 0 Å². The van der Waals surface area contributed by atoms with Crippen molar-refractivity contribution in [3.8, 4) is 12.5 Å². The molecule has 2 amide bonds. The van der Waals surface area contributed by atoms with Crippen LogP contribution in [0.2, 0.25) is 0 Å². The third kappa shape index (κ3) is 1.41. The van der Waals surface area contributed by atoms with Crippen LogP contribution in [0.5, 0.6) is 0 Å². The lowest BCUT2D eigenvalue weighted by Crippen LogP contribution is -2.35. The van der Waals surface area contributed by atoms with Crippen LogP contribution in [0.1, 0.15) is 12.8 Å². The number of hydrogen-bond acceptors (Lipinski definition) is 1. The molecule has 0 spiro atoms. The molecule has 0 aromatic carbocycles. The summed E-state index contributed by atoms with van der Waals surface area (Å²) < 4.78 is 0. The van der Waals surface area contributed by atoms with Crippen molar-refractivity contribution < 1.29 is 4.79 Å². The Morgan fingerprint density at radius 3 is 2.60 bits per heavy atom. The van der Waals surface area contributed by atoms with E-state index in [0.29, 0.717) is 0 Å². The Labute approximate surface area is 60.4 Å². The first-order valence-electron chi connectivity index (χ1n) is 3.35. The van der Waals surface area contributed by atoms with Crippen molar-refractivity contribution in [3.63, 3.8) is 0 Å². The van der Waals surface area contributed by atoms with Crippen molar-refractivity contribution in [2.45, 2.75) is 12.8 Å². The highest BCUT2D eigenvalue weighted by atomic mass is 16.2. The average Bonchev–Trinajstić information content (AvgIpc) is 2.38. The highest BCUT2D eigenvalue weighted by Gasteiger charge is 2.16. The number of amides is 2. The third-order valence-electron chi connectivity index (χ3n) is 1.57. The molecule has 0 unspecified atom stereocenters. The minimum atomic E-state index is -0.139. The summed E-state index contributed by atoms with van der Waals surface area (Å²) >= 11 is 0. The Kier molecular flexibility index (Phi) is 2.16. The smallest absolute Gasteiger partial charge is 0.324 e. The molecule has 1 aliphatic heterocycles. The topological polar surface area (TPSA) is 32.3 Å². The summed E-state index contributed by atoms with van der Waals surface area (Å²) in [5.74, 6) is 0. The largest absolute Gasteiger partial charge is 0.329 e. The van der Waals surface area contributed by atoms with Crippen molar-refractivity contribution in [2.75, 3.05) is 13.1 Å². The molecule has 1 N–H and O–H groups in total. The van der Waals surface area contributed by atoms with E-state index in [0.717, 1.165) is 25.9 Å². The Hall–Kier alpha value is -1.17. The van der Waals surface area contributed by atoms with Crippen molar-refractivity contribution >= 4 is 6.03 Å². The molecule has 1 heterocycles. The lowest BCUT2D eigenvalue weighted by atomic mass is 10.4. The number of urea groups is 1. The summed E-state index contributed by atoms with van der Waals surface area (Å²) in [7, 11) is 0. The first kappa shape index (κ1) is 6.94. The van der Waals surface area contributed by atoms with Gasteiger partial charge in [0.05, 0.1) is 0 Å². The normalized spacial score (nSPS) is 16.5. The van der Waals surface area contributed by atoms with Crippen LogP contribution >= 0.6 is 0 Å². The van der Waals surface area contributed by atoms with E-state index in [1.165, 1.54) is 0 Å². The summed E-state index contributed by atoms with van der Waals surface area (Å²) in [6.45, 7) is 1.68. The van der Waals surface area contributed by atoms with Crippen molar-refractivity contribution in [1.82, 2.24) is 10.2 Å². The van der Waals surface area contributed by atoms with Crippen LogP contribution in [0.4, 0.5) is 4.79 Å². The molecule has 0 aromatic heterocycles. The predicted octanol–water partition coefficient (Wildman–Crippen LogP) is 0.382. The van der Waals surface area contributed by atoms with Gasteiger partial charge >= 0.3 is 6.03 Å². The third-order valence-corrected chi connectivity index (χ3v) is 1.57. The van der Waals surface area contributed by atoms with Crippen LogP contribution in [0.15, 0.2) is 0 Å². The zero-order chi connectivity index (χ0) is 7.40. The molecule has 1 rings (SSSR count). The van der Waals surface area contributed by atoms with E-state index in [1.807, 2.05) is 0 Å². The second-order valence-corrected chi connectivity index (χ2v) is 2.27. The molecule has 3 heteroatoms. The van der Waals surface area contributed by atoms with Gasteiger partial charge in [-0.15, -0.1) is 0 Å². The molecule has 0 saturated carbocycles. The van der Waals surface area contributed by atoms with Gasteiger partial charge in [-0.05, 0) is 12.8 Å². The monoisotopic (exact) mass is 138 g/mol. The summed E-state index contributed by atoms with van der Waals surface area (Å²) in [6.07, 6.45) is 7.08. The minimum absolute atomic E-state index is 0.139. The van der Waals surface area contributed by atoms with Gasteiger partial charge in [0.1, 0.15) is 0 Å². The highest BCUT2D eigenvalue weighted by molar-refractivity contribution is 5.76. The van der Waals surface area contributed by atoms with Crippen LogP contribution in [-0.2, 0) is 0 Å². The Morgan fingerprint density at radius 1 is 1.50 bits per heavy atom. The number of rotatable bonds is 0. The van der Waals surface area contributed by atoms with E-state index in [-0.39, 0.29) is 6.03 Å². The summed E-state index contributed by atoms with van der Waals surface area (Å²) in [5, 5.41) is 2.30. The van der Waals surface area contributed by atoms with Crippen molar-refractivity contribution in [3.05, 3.63) is 0 Å². The van der Waals surface area contributed by atoms with Crippen LogP contribution in [-0.4, -0.2) is 24.0 Å². The molecule has 0 aliphatic carbocycles. The lowest BCUT2D eigenvalue weighted by Gasteiger charge is -2.12. The molecule has 1 fully saturated rings. The maximum absolute atomic E-state index is 10.9. The number of hydrogen-bond donors (Lipinski definition) is 1. The lowest BCUT2D eigenvalue weighted by molar-refractivity contribution is 0.213. The minimum Gasteiger partial charge on any atom is -0.324 e. The quantitative estimate of drug-likeness (QED) is 0.381. The van der Waals surface area contributed by atoms with Gasteiger partial charge in [-0.2, -0.15) is 0 Å². The second kappa shape index (κ2) is 3.11. The van der Waals surface area contributed by atoms with Crippen molar-refractivity contribution in [2.24, 2.45) is 0 Å². The van der Waals surface area contributed by atoms with E-state index in [1.54, 1.807) is 4.90 Å². The number of carbonyl (C=O) groups excluding carboxylic acids is 1. The van der Waals surface area contributed by atoms with Gasteiger partial charge in [-0.3, -0.25) is 5.32 Å². The fraction of sp³-hybridized carbons (Fsp3) is 0.571.